The molecule has 0 amide bonds. The van der Waals surface area contributed by atoms with Crippen molar-refractivity contribution in [3.8, 4) is 0 Å². The number of amidine groups is 1. The Kier molecular flexibility index (Phi) is 7.39. The number of carbonyl (C=O) groups is 1. The van der Waals surface area contributed by atoms with E-state index in [2.05, 4.69) is 55.3 Å². The Morgan fingerprint density at radius 3 is 2.81 bits per heavy atom. The number of rotatable bonds is 8. The van der Waals surface area contributed by atoms with Crippen LogP contribution in [0.3, 0.4) is 0 Å². The molecule has 27 heavy (non-hydrogen) atoms. The predicted octanol–water partition coefficient (Wildman–Crippen LogP) is 3.90. The maximum atomic E-state index is 11.3. The number of nitrogens with zero attached hydrogens (tertiary/aromatic N) is 3. The van der Waals surface area contributed by atoms with Gasteiger partial charge in [-0.15, -0.1) is 0 Å². The molecule has 0 aliphatic heterocycles. The van der Waals surface area contributed by atoms with Gasteiger partial charge in [0.05, 0.1) is 6.61 Å². The number of carbonyl (C=O) groups excluding carboxylic acids is 1. The summed E-state index contributed by atoms with van der Waals surface area (Å²) in [7, 11) is -1.15. The first-order valence-corrected chi connectivity index (χ1v) is 13.1. The summed E-state index contributed by atoms with van der Waals surface area (Å²) in [5.74, 6) is 0.0498. The van der Waals surface area contributed by atoms with Gasteiger partial charge in [-0.25, -0.2) is 9.78 Å². The first kappa shape index (κ1) is 21.4. The van der Waals surface area contributed by atoms with Gasteiger partial charge in [0.1, 0.15) is 12.4 Å². The molecule has 148 valence electrons. The zero-order chi connectivity index (χ0) is 20.0. The lowest BCUT2D eigenvalue weighted by atomic mass is 10.2. The minimum Gasteiger partial charge on any atom is -0.433 e. The Balaban J connectivity index is 2.22. The highest BCUT2D eigenvalue weighted by Crippen LogP contribution is 2.23. The molecule has 0 atom stereocenters. The molecule has 10 heteroatoms. The zero-order valence-corrected chi connectivity index (χ0v) is 18.6. The van der Waals surface area contributed by atoms with E-state index < -0.39 is 14.2 Å². The van der Waals surface area contributed by atoms with Crippen molar-refractivity contribution in [2.45, 2.75) is 39.3 Å². The molecular weight excluding hydrogens is 432 g/mol. The van der Waals surface area contributed by atoms with Crippen molar-refractivity contribution in [1.29, 1.82) is 0 Å². The van der Waals surface area contributed by atoms with Crippen LogP contribution in [0.1, 0.15) is 12.5 Å². The summed E-state index contributed by atoms with van der Waals surface area (Å²) in [5.41, 5.74) is 7.30. The molecule has 2 rings (SSSR count). The second-order valence-corrected chi connectivity index (χ2v) is 13.7. The Hall–Kier alpha value is -1.91. The van der Waals surface area contributed by atoms with E-state index in [9.17, 15) is 4.79 Å². The van der Waals surface area contributed by atoms with Crippen LogP contribution in [0.4, 0.5) is 4.79 Å². The molecule has 0 saturated heterocycles. The molecule has 0 unspecified atom stereocenters. The minimum atomic E-state index is -1.15. The molecule has 2 N–H and O–H groups in total. The van der Waals surface area contributed by atoms with Gasteiger partial charge in [-0.3, -0.25) is 4.84 Å². The number of hydrogen-bond donors (Lipinski definition) is 1. The zero-order valence-electron chi connectivity index (χ0n) is 16.0. The van der Waals surface area contributed by atoms with E-state index in [-0.39, 0.29) is 12.4 Å². The third-order valence-electron chi connectivity index (χ3n) is 3.66. The summed E-state index contributed by atoms with van der Waals surface area (Å²) in [5, 5.41) is 4.43. The summed E-state index contributed by atoms with van der Waals surface area (Å²) < 4.78 is 13.1. The highest BCUT2D eigenvalue weighted by atomic mass is 79.9. The van der Waals surface area contributed by atoms with Gasteiger partial charge in [0.15, 0.2) is 5.84 Å². The fourth-order valence-electron chi connectivity index (χ4n) is 2.27. The lowest BCUT2D eigenvalue weighted by molar-refractivity contribution is 0.0612. The molecule has 0 saturated carbocycles. The number of aromatic nitrogens is 2. The smallest absolute Gasteiger partial charge is 0.433 e. The van der Waals surface area contributed by atoms with E-state index >= 15 is 0 Å². The lowest BCUT2D eigenvalue weighted by Gasteiger charge is -2.15. The number of hydrogen-bond acceptors (Lipinski definition) is 6. The van der Waals surface area contributed by atoms with Gasteiger partial charge >= 0.3 is 6.16 Å². The fourth-order valence-corrected chi connectivity index (χ4v) is 3.36. The molecule has 0 bridgehead atoms. The molecule has 2 aromatic heterocycles. The second kappa shape index (κ2) is 9.33. The second-order valence-electron chi connectivity index (χ2n) is 7.14. The molecule has 0 aliphatic carbocycles. The largest absolute Gasteiger partial charge is 0.535 e. The number of ether oxygens (including phenoxy) is 2. The van der Waals surface area contributed by atoms with Crippen LogP contribution in [-0.4, -0.2) is 42.8 Å². The van der Waals surface area contributed by atoms with E-state index in [1.807, 2.05) is 10.6 Å². The third kappa shape index (κ3) is 6.33. The number of fused-ring (bicyclic) bond motifs is 1. The molecule has 0 fully saturated rings. The summed E-state index contributed by atoms with van der Waals surface area (Å²) in [6.07, 6.45) is 2.58. The molecule has 0 aliphatic rings. The Bertz CT molecular complexity index is 832. The summed E-state index contributed by atoms with van der Waals surface area (Å²) in [6, 6.07) is 2.96. The Labute approximate surface area is 167 Å². The standard InChI is InChI=1S/C17H25BrN4O4Si/c1-5-25-17(23)26-21-15(19)14-10-22(11-24-6-7-27(2,3)4)16-13(14)8-12(18)9-20-16/h8-10H,5-7,11H2,1-4H3,(H2,19,21). The fraction of sp³-hybridized carbons (Fsp3) is 0.471. The number of oxime groups is 1. The van der Waals surface area contributed by atoms with Crippen LogP contribution in [0.5, 0.6) is 0 Å². The van der Waals surface area contributed by atoms with Crippen molar-refractivity contribution >= 4 is 47.0 Å². The minimum absolute atomic E-state index is 0.0498. The normalized spacial score (nSPS) is 12.4. The van der Waals surface area contributed by atoms with E-state index in [0.29, 0.717) is 24.5 Å². The maximum Gasteiger partial charge on any atom is 0.535 e. The summed E-state index contributed by atoms with van der Waals surface area (Å²) in [6.45, 7) is 9.82. The predicted molar refractivity (Wildman–Crippen MR) is 110 cm³/mol. The maximum absolute atomic E-state index is 11.3. The Morgan fingerprint density at radius 2 is 2.15 bits per heavy atom. The van der Waals surface area contributed by atoms with E-state index in [1.165, 1.54) is 0 Å². The molecule has 8 nitrogen and oxygen atoms in total. The highest BCUT2D eigenvalue weighted by Gasteiger charge is 2.16. The van der Waals surface area contributed by atoms with Crippen LogP contribution >= 0.6 is 15.9 Å². The summed E-state index contributed by atoms with van der Waals surface area (Å²) >= 11 is 3.41. The highest BCUT2D eigenvalue weighted by molar-refractivity contribution is 9.10. The first-order chi connectivity index (χ1) is 12.7. The van der Waals surface area contributed by atoms with Crippen molar-refractivity contribution in [1.82, 2.24) is 9.55 Å². The number of halogens is 1. The van der Waals surface area contributed by atoms with Gasteiger partial charge in [0.2, 0.25) is 0 Å². The van der Waals surface area contributed by atoms with Gasteiger partial charge in [0.25, 0.3) is 0 Å². The number of pyridine rings is 1. The third-order valence-corrected chi connectivity index (χ3v) is 5.80. The van der Waals surface area contributed by atoms with Gasteiger partial charge < -0.3 is 19.8 Å². The van der Waals surface area contributed by atoms with E-state index in [4.69, 9.17) is 10.5 Å². The Morgan fingerprint density at radius 1 is 1.41 bits per heavy atom. The quantitative estimate of drug-likeness (QED) is 0.123. The SMILES string of the molecule is CCOC(=O)O/N=C(\N)c1cn(COCC[Si](C)(C)C)c2ncc(Br)cc12. The van der Waals surface area contributed by atoms with Crippen LogP contribution in [0.15, 0.2) is 28.1 Å². The van der Waals surface area contributed by atoms with Crippen molar-refractivity contribution in [3.05, 3.63) is 28.5 Å². The van der Waals surface area contributed by atoms with Crippen molar-refractivity contribution in [3.63, 3.8) is 0 Å². The first-order valence-electron chi connectivity index (χ1n) is 8.61. The molecule has 0 radical (unpaired) electrons. The molecule has 2 aromatic rings. The van der Waals surface area contributed by atoms with Gasteiger partial charge in [-0.1, -0.05) is 24.8 Å². The molecule has 0 spiro atoms. The van der Waals surface area contributed by atoms with Crippen molar-refractivity contribution in [2.75, 3.05) is 13.2 Å². The van der Waals surface area contributed by atoms with Crippen LogP contribution in [0, 0.1) is 0 Å². The molecule has 0 aromatic carbocycles. The summed E-state index contributed by atoms with van der Waals surface area (Å²) in [4.78, 5) is 20.4. The average molecular weight is 457 g/mol. The van der Waals surface area contributed by atoms with E-state index in [0.717, 1.165) is 15.9 Å². The van der Waals surface area contributed by atoms with Crippen LogP contribution in [0.25, 0.3) is 11.0 Å². The molecule has 2 heterocycles. The van der Waals surface area contributed by atoms with Gasteiger partial charge in [-0.05, 0) is 35.0 Å². The topological polar surface area (TPSA) is 101 Å². The monoisotopic (exact) mass is 456 g/mol. The van der Waals surface area contributed by atoms with Crippen LogP contribution in [-0.2, 0) is 21.0 Å². The van der Waals surface area contributed by atoms with Crippen molar-refractivity contribution < 1.29 is 19.1 Å². The van der Waals surface area contributed by atoms with Crippen molar-refractivity contribution in [2.24, 2.45) is 10.9 Å². The number of nitrogens with two attached hydrogens (primary N) is 1. The lowest BCUT2D eigenvalue weighted by Crippen LogP contribution is -2.22. The van der Waals surface area contributed by atoms with Crippen LogP contribution < -0.4 is 5.73 Å². The van der Waals surface area contributed by atoms with Crippen LogP contribution in [0.2, 0.25) is 25.7 Å². The average Bonchev–Trinajstić information content (AvgIpc) is 2.94. The molecular formula is C17H25BrN4O4Si. The van der Waals surface area contributed by atoms with E-state index in [1.54, 1.807) is 19.3 Å². The van der Waals surface area contributed by atoms with Gasteiger partial charge in [-0.2, -0.15) is 0 Å². The van der Waals surface area contributed by atoms with Gasteiger partial charge in [0, 0.05) is 42.5 Å².